The average Bonchev–Trinajstić information content (AvgIpc) is 1.81. The highest BCUT2D eigenvalue weighted by Crippen LogP contribution is 2.41. The molecule has 0 saturated carbocycles. The van der Waals surface area contributed by atoms with Crippen molar-refractivity contribution in [3.8, 4) is 0 Å². The Morgan fingerprint density at radius 1 is 1.00 bits per heavy atom. The Morgan fingerprint density at radius 2 is 1.38 bits per heavy atom. The van der Waals surface area contributed by atoms with Crippen molar-refractivity contribution in [1.82, 2.24) is 0 Å². The van der Waals surface area contributed by atoms with Crippen LogP contribution in [0.25, 0.3) is 0 Å². The second-order valence-electron chi connectivity index (χ2n) is 4.40. The third-order valence-corrected chi connectivity index (χ3v) is 1.64. The molecule has 13 heavy (non-hydrogen) atoms. The van der Waals surface area contributed by atoms with E-state index in [0.717, 1.165) is 0 Å². The van der Waals surface area contributed by atoms with Crippen molar-refractivity contribution in [3.63, 3.8) is 0 Å². The van der Waals surface area contributed by atoms with Gasteiger partial charge in [-0.1, -0.05) is 20.8 Å². The Morgan fingerprint density at radius 3 is 1.46 bits per heavy atom. The van der Waals surface area contributed by atoms with Gasteiger partial charge in [0.05, 0.1) is 0 Å². The zero-order chi connectivity index (χ0) is 10.9. The molecule has 0 fully saturated rings. The van der Waals surface area contributed by atoms with Crippen LogP contribution in [0.4, 0.5) is 17.6 Å². The maximum absolute atomic E-state index is 13.3. The first-order chi connectivity index (χ1) is 5.52. The molecule has 0 aromatic carbocycles. The van der Waals surface area contributed by atoms with Crippen LogP contribution in [-0.2, 0) is 0 Å². The average molecular weight is 201 g/mol. The highest BCUT2D eigenvalue weighted by molar-refractivity contribution is 4.91. The molecule has 0 radical (unpaired) electrons. The van der Waals surface area contributed by atoms with Gasteiger partial charge >= 0.3 is 6.18 Å². The fourth-order valence-corrected chi connectivity index (χ4v) is 1.13. The van der Waals surface area contributed by atoms with E-state index in [1.807, 2.05) is 0 Å². The molecule has 1 unspecified atom stereocenters. The van der Waals surface area contributed by atoms with Gasteiger partial charge in [-0.05, 0) is 11.8 Å². The lowest BCUT2D eigenvalue weighted by Crippen LogP contribution is -2.49. The zero-order valence-electron chi connectivity index (χ0n) is 8.00. The molecule has 0 aromatic rings. The lowest BCUT2D eigenvalue weighted by molar-refractivity contribution is -0.235. The predicted molar refractivity (Wildman–Crippen MR) is 43.0 cm³/mol. The van der Waals surface area contributed by atoms with E-state index in [1.54, 1.807) is 20.8 Å². The van der Waals surface area contributed by atoms with Crippen molar-refractivity contribution in [3.05, 3.63) is 0 Å². The SMILES string of the molecule is CC(C)(C)CC(F)(CN)C(F)(F)F. The van der Waals surface area contributed by atoms with Gasteiger partial charge in [0.15, 0.2) is 0 Å². The fourth-order valence-electron chi connectivity index (χ4n) is 1.13. The molecule has 1 nitrogen and oxygen atoms in total. The lowest BCUT2D eigenvalue weighted by Gasteiger charge is -2.32. The van der Waals surface area contributed by atoms with Crippen LogP contribution in [0, 0.1) is 5.41 Å². The van der Waals surface area contributed by atoms with Gasteiger partial charge in [0, 0.05) is 6.54 Å². The molecule has 0 spiro atoms. The predicted octanol–water partition coefficient (Wildman–Crippen LogP) is 2.65. The standard InChI is InChI=1S/C8H15F4N/c1-6(2,3)4-7(9,5-13)8(10,11)12/h4-5,13H2,1-3H3. The quantitative estimate of drug-likeness (QED) is 0.683. The van der Waals surface area contributed by atoms with E-state index in [0.29, 0.717) is 0 Å². The second-order valence-corrected chi connectivity index (χ2v) is 4.40. The Hall–Kier alpha value is -0.320. The van der Waals surface area contributed by atoms with E-state index >= 15 is 0 Å². The van der Waals surface area contributed by atoms with Gasteiger partial charge in [-0.2, -0.15) is 13.2 Å². The first-order valence-corrected chi connectivity index (χ1v) is 3.97. The smallest absolute Gasteiger partial charge is 0.327 e. The molecule has 0 bridgehead atoms. The van der Waals surface area contributed by atoms with E-state index in [9.17, 15) is 17.6 Å². The van der Waals surface area contributed by atoms with Crippen molar-refractivity contribution < 1.29 is 17.6 Å². The summed E-state index contributed by atoms with van der Waals surface area (Å²) in [6.07, 6.45) is -5.49. The summed E-state index contributed by atoms with van der Waals surface area (Å²) in [6.45, 7) is 3.61. The number of alkyl halides is 4. The number of rotatable bonds is 2. The van der Waals surface area contributed by atoms with E-state index in [2.05, 4.69) is 0 Å². The molecule has 2 N–H and O–H groups in total. The summed E-state index contributed by atoms with van der Waals surface area (Å²) in [5, 5.41) is 0. The molecule has 0 aliphatic rings. The molecular weight excluding hydrogens is 186 g/mol. The molecule has 0 aromatic heterocycles. The van der Waals surface area contributed by atoms with Gasteiger partial charge in [-0.15, -0.1) is 0 Å². The molecule has 0 aliphatic carbocycles. The molecule has 80 valence electrons. The summed E-state index contributed by atoms with van der Waals surface area (Å²) in [5.41, 5.74) is 0.814. The van der Waals surface area contributed by atoms with Crippen molar-refractivity contribution in [2.45, 2.75) is 39.0 Å². The summed E-state index contributed by atoms with van der Waals surface area (Å²) in [7, 11) is 0. The highest BCUT2D eigenvalue weighted by atomic mass is 19.4. The summed E-state index contributed by atoms with van der Waals surface area (Å²) >= 11 is 0. The third-order valence-electron chi connectivity index (χ3n) is 1.64. The molecule has 0 aliphatic heterocycles. The lowest BCUT2D eigenvalue weighted by atomic mass is 9.82. The number of nitrogens with two attached hydrogens (primary N) is 1. The van der Waals surface area contributed by atoms with Crippen LogP contribution in [0.5, 0.6) is 0 Å². The first kappa shape index (κ1) is 12.7. The van der Waals surface area contributed by atoms with Gasteiger partial charge < -0.3 is 5.73 Å². The molecule has 0 amide bonds. The van der Waals surface area contributed by atoms with Crippen molar-refractivity contribution in [2.75, 3.05) is 6.54 Å². The van der Waals surface area contributed by atoms with E-state index in [1.165, 1.54) is 0 Å². The molecule has 0 heterocycles. The van der Waals surface area contributed by atoms with E-state index in [4.69, 9.17) is 5.73 Å². The molecule has 1 atom stereocenters. The van der Waals surface area contributed by atoms with Crippen LogP contribution < -0.4 is 5.73 Å². The minimum atomic E-state index is -4.88. The zero-order valence-corrected chi connectivity index (χ0v) is 8.00. The Balaban J connectivity index is 4.67. The summed E-state index contributed by atoms with van der Waals surface area (Å²) < 4.78 is 49.8. The third kappa shape index (κ3) is 3.50. The molecule has 0 saturated heterocycles. The van der Waals surface area contributed by atoms with Crippen molar-refractivity contribution in [2.24, 2.45) is 11.1 Å². The van der Waals surface area contributed by atoms with Gasteiger partial charge in [-0.25, -0.2) is 4.39 Å². The highest BCUT2D eigenvalue weighted by Gasteiger charge is 2.56. The Labute approximate surface area is 75.3 Å². The van der Waals surface area contributed by atoms with Gasteiger partial charge in [-0.3, -0.25) is 0 Å². The fraction of sp³-hybridized carbons (Fsp3) is 1.00. The normalized spacial score (nSPS) is 18.5. The minimum Gasteiger partial charge on any atom is -0.327 e. The molecule has 0 rings (SSSR count). The summed E-state index contributed by atoms with van der Waals surface area (Å²) in [5.74, 6) is 0. The maximum Gasteiger partial charge on any atom is 0.423 e. The van der Waals surface area contributed by atoms with Gasteiger partial charge in [0.2, 0.25) is 5.67 Å². The minimum absolute atomic E-state index is 0.611. The first-order valence-electron chi connectivity index (χ1n) is 3.97. The van der Waals surface area contributed by atoms with Crippen molar-refractivity contribution >= 4 is 0 Å². The summed E-state index contributed by atoms with van der Waals surface area (Å²) in [4.78, 5) is 0. The van der Waals surface area contributed by atoms with Crippen LogP contribution in [0.2, 0.25) is 0 Å². The van der Waals surface area contributed by atoms with Crippen molar-refractivity contribution in [1.29, 1.82) is 0 Å². The molecular formula is C8H15F4N. The second kappa shape index (κ2) is 3.44. The monoisotopic (exact) mass is 201 g/mol. The number of halogens is 4. The Bertz CT molecular complexity index is 170. The number of hydrogen-bond donors (Lipinski definition) is 1. The van der Waals surface area contributed by atoms with Gasteiger partial charge in [0.1, 0.15) is 0 Å². The van der Waals surface area contributed by atoms with Crippen LogP contribution in [-0.4, -0.2) is 18.4 Å². The van der Waals surface area contributed by atoms with E-state index < -0.39 is 30.2 Å². The van der Waals surface area contributed by atoms with Crippen LogP contribution in [0.3, 0.4) is 0 Å². The Kier molecular flexibility index (Phi) is 3.36. The van der Waals surface area contributed by atoms with Gasteiger partial charge in [0.25, 0.3) is 0 Å². The topological polar surface area (TPSA) is 26.0 Å². The van der Waals surface area contributed by atoms with Crippen LogP contribution in [0.1, 0.15) is 27.2 Å². The van der Waals surface area contributed by atoms with E-state index in [-0.39, 0.29) is 0 Å². The van der Waals surface area contributed by atoms with Crippen LogP contribution >= 0.6 is 0 Å². The number of hydrogen-bond acceptors (Lipinski definition) is 1. The maximum atomic E-state index is 13.3. The molecule has 5 heteroatoms. The largest absolute Gasteiger partial charge is 0.423 e. The van der Waals surface area contributed by atoms with Crippen LogP contribution in [0.15, 0.2) is 0 Å². The summed E-state index contributed by atoms with van der Waals surface area (Å²) in [6, 6.07) is 0.